The number of pyridine rings is 1. The molecule has 0 bridgehead atoms. The van der Waals surface area contributed by atoms with E-state index in [9.17, 15) is 4.79 Å². The first kappa shape index (κ1) is 16.9. The maximum atomic E-state index is 12.4. The molecule has 2 aliphatic rings. The van der Waals surface area contributed by atoms with E-state index in [4.69, 9.17) is 0 Å². The predicted octanol–water partition coefficient (Wildman–Crippen LogP) is 2.65. The van der Waals surface area contributed by atoms with Crippen LogP contribution in [0.3, 0.4) is 0 Å². The molecule has 2 aromatic heterocycles. The molecule has 2 fully saturated rings. The van der Waals surface area contributed by atoms with Gasteiger partial charge in [0.25, 0.3) is 0 Å². The lowest BCUT2D eigenvalue weighted by Gasteiger charge is -2.34. The van der Waals surface area contributed by atoms with Crippen molar-refractivity contribution in [2.75, 3.05) is 31.9 Å². The van der Waals surface area contributed by atoms with Crippen molar-refractivity contribution in [1.82, 2.24) is 19.2 Å². The second kappa shape index (κ2) is 7.79. The third-order valence-corrected chi connectivity index (χ3v) is 6.71. The summed E-state index contributed by atoms with van der Waals surface area (Å²) in [6, 6.07) is 6.08. The third-order valence-electron chi connectivity index (χ3n) is 5.35. The second-order valence-corrected chi connectivity index (χ2v) is 8.34. The number of rotatable bonds is 5. The molecular weight excluding hydrogens is 332 g/mol. The quantitative estimate of drug-likeness (QED) is 0.824. The van der Waals surface area contributed by atoms with Crippen molar-refractivity contribution in [2.24, 2.45) is 0 Å². The van der Waals surface area contributed by atoms with Gasteiger partial charge in [0, 0.05) is 44.2 Å². The maximum absolute atomic E-state index is 12.4. The van der Waals surface area contributed by atoms with Crippen LogP contribution in [0.1, 0.15) is 31.4 Å². The van der Waals surface area contributed by atoms with Crippen LogP contribution in [0.5, 0.6) is 0 Å². The van der Waals surface area contributed by atoms with Crippen LogP contribution >= 0.6 is 11.8 Å². The molecule has 0 unspecified atom stereocenters. The minimum absolute atomic E-state index is 0.325. The Labute approximate surface area is 153 Å². The summed E-state index contributed by atoms with van der Waals surface area (Å²) in [6.45, 7) is 4.48. The van der Waals surface area contributed by atoms with Gasteiger partial charge in [-0.3, -0.25) is 9.69 Å². The van der Waals surface area contributed by atoms with Gasteiger partial charge >= 0.3 is 0 Å². The Kier molecular flexibility index (Phi) is 5.27. The summed E-state index contributed by atoms with van der Waals surface area (Å²) in [5.41, 5.74) is 2.21. The van der Waals surface area contributed by atoms with E-state index in [0.717, 1.165) is 43.6 Å². The molecule has 4 rings (SSSR count). The van der Waals surface area contributed by atoms with Crippen molar-refractivity contribution in [2.45, 2.75) is 37.5 Å². The number of amides is 1. The zero-order chi connectivity index (χ0) is 17.1. The number of thioether (sulfide) groups is 1. The lowest BCUT2D eigenvalue weighted by Crippen LogP contribution is -2.49. The molecule has 134 valence electrons. The monoisotopic (exact) mass is 358 g/mol. The molecule has 1 amide bonds. The fraction of sp³-hybridized carbons (Fsp3) is 0.579. The van der Waals surface area contributed by atoms with E-state index in [-0.39, 0.29) is 0 Å². The Balaban J connectivity index is 1.26. The zero-order valence-corrected chi connectivity index (χ0v) is 15.5. The van der Waals surface area contributed by atoms with Crippen LogP contribution in [-0.4, -0.2) is 62.3 Å². The highest BCUT2D eigenvalue weighted by molar-refractivity contribution is 8.00. The highest BCUT2D eigenvalue weighted by atomic mass is 32.2. The van der Waals surface area contributed by atoms with Crippen LogP contribution in [-0.2, 0) is 11.3 Å². The van der Waals surface area contributed by atoms with E-state index in [2.05, 4.69) is 20.5 Å². The molecule has 2 aromatic rings. The standard InChI is InChI=1S/C19H26N4OS/c24-19(15-25-17-5-1-2-6-17)22-11-9-21(10-12-22)14-16-13-20-18-7-3-4-8-23(16)18/h3-4,7-8,13,17H,1-2,5-6,9-12,14-15H2. The van der Waals surface area contributed by atoms with Gasteiger partial charge in [0.2, 0.25) is 5.91 Å². The molecule has 5 nitrogen and oxygen atoms in total. The van der Waals surface area contributed by atoms with E-state index in [1.54, 1.807) is 0 Å². The Bertz CT molecular complexity index is 717. The molecular formula is C19H26N4OS. The second-order valence-electron chi connectivity index (χ2n) is 7.05. The number of carbonyl (C=O) groups excluding carboxylic acids is 1. The lowest BCUT2D eigenvalue weighted by atomic mass is 10.3. The van der Waals surface area contributed by atoms with Crippen molar-refractivity contribution in [3.8, 4) is 0 Å². The molecule has 0 radical (unpaired) electrons. The molecule has 25 heavy (non-hydrogen) atoms. The molecule has 6 heteroatoms. The number of imidazole rings is 1. The Morgan fingerprint density at radius 1 is 1.16 bits per heavy atom. The fourth-order valence-electron chi connectivity index (χ4n) is 3.82. The van der Waals surface area contributed by atoms with Gasteiger partial charge in [0.15, 0.2) is 0 Å². The fourth-order valence-corrected chi connectivity index (χ4v) is 5.05. The number of nitrogens with zero attached hydrogens (tertiary/aromatic N) is 4. The Hall–Kier alpha value is -1.53. The van der Waals surface area contributed by atoms with E-state index >= 15 is 0 Å². The minimum atomic E-state index is 0.325. The van der Waals surface area contributed by atoms with Gasteiger partial charge in [0.05, 0.1) is 17.6 Å². The van der Waals surface area contributed by atoms with Crippen molar-refractivity contribution in [3.05, 3.63) is 36.3 Å². The van der Waals surface area contributed by atoms with Crippen LogP contribution in [0.4, 0.5) is 0 Å². The molecule has 1 saturated heterocycles. The summed E-state index contributed by atoms with van der Waals surface area (Å²) in [5.74, 6) is 0.990. The van der Waals surface area contributed by atoms with E-state index in [1.165, 1.54) is 31.4 Å². The van der Waals surface area contributed by atoms with E-state index in [1.807, 2.05) is 41.1 Å². The first-order chi connectivity index (χ1) is 12.3. The van der Waals surface area contributed by atoms with Gasteiger partial charge in [-0.2, -0.15) is 0 Å². The molecule has 0 atom stereocenters. The van der Waals surface area contributed by atoms with Crippen molar-refractivity contribution in [3.63, 3.8) is 0 Å². The molecule has 1 saturated carbocycles. The Morgan fingerprint density at radius 2 is 1.96 bits per heavy atom. The molecule has 0 aromatic carbocycles. The van der Waals surface area contributed by atoms with Gasteiger partial charge in [0.1, 0.15) is 5.65 Å². The van der Waals surface area contributed by atoms with Crippen molar-refractivity contribution in [1.29, 1.82) is 0 Å². The van der Waals surface area contributed by atoms with Crippen LogP contribution in [0.2, 0.25) is 0 Å². The summed E-state index contributed by atoms with van der Waals surface area (Å²) in [7, 11) is 0. The van der Waals surface area contributed by atoms with Gasteiger partial charge < -0.3 is 9.30 Å². The molecule has 1 aliphatic carbocycles. The SMILES string of the molecule is O=C(CSC1CCCC1)N1CCN(Cc2cnc3ccccn23)CC1. The summed E-state index contributed by atoms with van der Waals surface area (Å²) in [6.07, 6.45) is 9.31. The van der Waals surface area contributed by atoms with Gasteiger partial charge in [-0.1, -0.05) is 18.9 Å². The molecule has 0 spiro atoms. The summed E-state index contributed by atoms with van der Waals surface area (Å²) in [5, 5.41) is 0.723. The normalized spacial score (nSPS) is 19.8. The van der Waals surface area contributed by atoms with Gasteiger partial charge in [-0.25, -0.2) is 4.98 Å². The Morgan fingerprint density at radius 3 is 2.76 bits per heavy atom. The topological polar surface area (TPSA) is 40.9 Å². The summed E-state index contributed by atoms with van der Waals surface area (Å²) >= 11 is 1.88. The maximum Gasteiger partial charge on any atom is 0.232 e. The largest absolute Gasteiger partial charge is 0.339 e. The van der Waals surface area contributed by atoms with Crippen LogP contribution in [0.25, 0.3) is 5.65 Å². The van der Waals surface area contributed by atoms with Crippen molar-refractivity contribution >= 4 is 23.3 Å². The number of hydrogen-bond donors (Lipinski definition) is 0. The molecule has 1 aliphatic heterocycles. The van der Waals surface area contributed by atoms with Crippen LogP contribution in [0, 0.1) is 0 Å². The lowest BCUT2D eigenvalue weighted by molar-refractivity contribution is -0.130. The number of hydrogen-bond acceptors (Lipinski definition) is 4. The number of piperazine rings is 1. The van der Waals surface area contributed by atoms with Gasteiger partial charge in [-0.15, -0.1) is 11.8 Å². The smallest absolute Gasteiger partial charge is 0.232 e. The minimum Gasteiger partial charge on any atom is -0.339 e. The van der Waals surface area contributed by atoms with Gasteiger partial charge in [-0.05, 0) is 25.0 Å². The zero-order valence-electron chi connectivity index (χ0n) is 14.6. The third kappa shape index (κ3) is 4.01. The van der Waals surface area contributed by atoms with Crippen LogP contribution in [0.15, 0.2) is 30.6 Å². The molecule has 0 N–H and O–H groups in total. The van der Waals surface area contributed by atoms with Crippen LogP contribution < -0.4 is 0 Å². The average molecular weight is 359 g/mol. The number of aromatic nitrogens is 2. The number of carbonyl (C=O) groups is 1. The van der Waals surface area contributed by atoms with E-state index in [0.29, 0.717) is 11.7 Å². The summed E-state index contributed by atoms with van der Waals surface area (Å²) in [4.78, 5) is 21.4. The highest BCUT2D eigenvalue weighted by Crippen LogP contribution is 2.29. The first-order valence-electron chi connectivity index (χ1n) is 9.32. The summed E-state index contributed by atoms with van der Waals surface area (Å²) < 4.78 is 2.15. The predicted molar refractivity (Wildman–Crippen MR) is 102 cm³/mol. The average Bonchev–Trinajstić information content (AvgIpc) is 3.31. The molecule has 3 heterocycles. The highest BCUT2D eigenvalue weighted by Gasteiger charge is 2.23. The number of fused-ring (bicyclic) bond motifs is 1. The van der Waals surface area contributed by atoms with E-state index < -0.39 is 0 Å². The van der Waals surface area contributed by atoms with Crippen molar-refractivity contribution < 1.29 is 4.79 Å². The first-order valence-corrected chi connectivity index (χ1v) is 10.4.